The first-order valence-electron chi connectivity index (χ1n) is 8.94. The van der Waals surface area contributed by atoms with E-state index in [1.165, 1.54) is 19.1 Å². The molecule has 0 saturated heterocycles. The van der Waals surface area contributed by atoms with Crippen molar-refractivity contribution in [1.82, 2.24) is 0 Å². The van der Waals surface area contributed by atoms with Crippen LogP contribution in [0.15, 0.2) is 71.3 Å². The number of carbonyl (C=O) groups is 1. The van der Waals surface area contributed by atoms with Crippen LogP contribution < -0.4 is 10.5 Å². The van der Waals surface area contributed by atoms with Gasteiger partial charge in [0.1, 0.15) is 23.2 Å². The second kappa shape index (κ2) is 8.48. The average Bonchev–Trinajstić information content (AvgIpc) is 2.70. The van der Waals surface area contributed by atoms with Crippen LogP contribution in [-0.2, 0) is 14.3 Å². The van der Waals surface area contributed by atoms with Gasteiger partial charge >= 0.3 is 5.97 Å². The van der Waals surface area contributed by atoms with Gasteiger partial charge in [-0.3, -0.25) is 0 Å². The molecule has 2 N–H and O–H groups in total. The zero-order chi connectivity index (χ0) is 21.0. The number of para-hydroxylation sites is 1. The van der Waals surface area contributed by atoms with E-state index in [9.17, 15) is 10.1 Å². The fraction of sp³-hybridized carbons (Fsp3) is 0.182. The number of carbonyl (C=O) groups excluding carboxylic acids is 1. The minimum absolute atomic E-state index is 0.0216. The maximum Gasteiger partial charge on any atom is 0.338 e. The van der Waals surface area contributed by atoms with Gasteiger partial charge in [-0.2, -0.15) is 5.26 Å². The van der Waals surface area contributed by atoms with E-state index in [1.54, 1.807) is 37.3 Å². The molecular formula is C22H19FN2O4. The zero-order valence-corrected chi connectivity index (χ0v) is 15.9. The first-order valence-corrected chi connectivity index (χ1v) is 8.94. The molecule has 0 saturated carbocycles. The van der Waals surface area contributed by atoms with Gasteiger partial charge in [0, 0.05) is 5.56 Å². The second-order valence-corrected chi connectivity index (χ2v) is 6.19. The number of nitrogens with two attached hydrogens (primary N) is 1. The first kappa shape index (κ1) is 20.0. The molecule has 1 heterocycles. The second-order valence-electron chi connectivity index (χ2n) is 6.19. The Morgan fingerprint density at radius 1 is 1.24 bits per heavy atom. The Labute approximate surface area is 167 Å². The summed E-state index contributed by atoms with van der Waals surface area (Å²) in [6.07, 6.45) is 0. The van der Waals surface area contributed by atoms with Crippen LogP contribution in [0.4, 0.5) is 4.39 Å². The summed E-state index contributed by atoms with van der Waals surface area (Å²) in [6, 6.07) is 15.2. The van der Waals surface area contributed by atoms with E-state index in [1.807, 2.05) is 12.1 Å². The third-order valence-corrected chi connectivity index (χ3v) is 4.38. The molecule has 0 aliphatic carbocycles. The Kier molecular flexibility index (Phi) is 5.84. The smallest absolute Gasteiger partial charge is 0.338 e. The molecule has 0 aromatic heterocycles. The molecule has 0 amide bonds. The molecule has 0 spiro atoms. The Bertz CT molecular complexity index is 1040. The summed E-state index contributed by atoms with van der Waals surface area (Å²) >= 11 is 0. The average molecular weight is 394 g/mol. The van der Waals surface area contributed by atoms with E-state index in [2.05, 4.69) is 0 Å². The molecule has 1 aliphatic heterocycles. The van der Waals surface area contributed by atoms with Gasteiger partial charge in [-0.05, 0) is 32.0 Å². The number of esters is 1. The Morgan fingerprint density at radius 2 is 1.97 bits per heavy atom. The molecule has 0 fully saturated rings. The van der Waals surface area contributed by atoms with Crippen molar-refractivity contribution in [2.24, 2.45) is 5.73 Å². The fourth-order valence-corrected chi connectivity index (χ4v) is 3.11. The standard InChI is InChI=1S/C22H19FN2O4/c1-3-27-22(26)18-13(2)28-21(25)16(12-24)19(18)15-10-7-11-17(20(15)23)29-14-8-5-4-6-9-14/h4-11,19H,3,25H2,1-2H3. The largest absolute Gasteiger partial charge is 0.463 e. The molecule has 6 nitrogen and oxygen atoms in total. The van der Waals surface area contributed by atoms with Gasteiger partial charge < -0.3 is 19.9 Å². The monoisotopic (exact) mass is 394 g/mol. The van der Waals surface area contributed by atoms with Gasteiger partial charge in [0.2, 0.25) is 5.88 Å². The van der Waals surface area contributed by atoms with Crippen LogP contribution in [0, 0.1) is 17.1 Å². The molecule has 1 unspecified atom stereocenters. The van der Waals surface area contributed by atoms with Gasteiger partial charge in [0.05, 0.1) is 18.1 Å². The normalized spacial score (nSPS) is 16.1. The van der Waals surface area contributed by atoms with E-state index in [-0.39, 0.29) is 40.7 Å². The molecular weight excluding hydrogens is 375 g/mol. The first-order chi connectivity index (χ1) is 14.0. The predicted molar refractivity (Wildman–Crippen MR) is 103 cm³/mol. The Morgan fingerprint density at radius 3 is 2.62 bits per heavy atom. The van der Waals surface area contributed by atoms with E-state index in [0.717, 1.165) is 0 Å². The van der Waals surface area contributed by atoms with Crippen molar-refractivity contribution < 1.29 is 23.4 Å². The number of ether oxygens (including phenoxy) is 3. The number of nitrogens with zero attached hydrogens (tertiary/aromatic N) is 1. The summed E-state index contributed by atoms with van der Waals surface area (Å²) in [4.78, 5) is 12.6. The number of rotatable bonds is 5. The molecule has 1 atom stereocenters. The Hall–Kier alpha value is -3.79. The van der Waals surface area contributed by atoms with Crippen molar-refractivity contribution in [3.05, 3.63) is 82.7 Å². The summed E-state index contributed by atoms with van der Waals surface area (Å²) in [7, 11) is 0. The van der Waals surface area contributed by atoms with E-state index >= 15 is 4.39 Å². The summed E-state index contributed by atoms with van der Waals surface area (Å²) < 4.78 is 31.5. The van der Waals surface area contributed by atoms with Gasteiger partial charge in [0.25, 0.3) is 0 Å². The van der Waals surface area contributed by atoms with Gasteiger partial charge in [0.15, 0.2) is 11.6 Å². The number of nitriles is 1. The highest BCUT2D eigenvalue weighted by atomic mass is 19.1. The quantitative estimate of drug-likeness (QED) is 0.762. The van der Waals surface area contributed by atoms with Gasteiger partial charge in [-0.25, -0.2) is 9.18 Å². The van der Waals surface area contributed by atoms with Crippen molar-refractivity contribution in [2.45, 2.75) is 19.8 Å². The number of benzene rings is 2. The molecule has 1 aliphatic rings. The van der Waals surface area contributed by atoms with E-state index in [0.29, 0.717) is 5.75 Å². The van der Waals surface area contributed by atoms with Crippen LogP contribution in [-0.4, -0.2) is 12.6 Å². The van der Waals surface area contributed by atoms with Crippen molar-refractivity contribution in [1.29, 1.82) is 5.26 Å². The van der Waals surface area contributed by atoms with Crippen LogP contribution in [0.1, 0.15) is 25.3 Å². The lowest BCUT2D eigenvalue weighted by Crippen LogP contribution is -2.26. The number of allylic oxidation sites excluding steroid dienone is 2. The highest BCUT2D eigenvalue weighted by Gasteiger charge is 2.38. The summed E-state index contributed by atoms with van der Waals surface area (Å²) in [6.45, 7) is 3.28. The molecule has 148 valence electrons. The van der Waals surface area contributed by atoms with Crippen LogP contribution in [0.25, 0.3) is 0 Å². The minimum atomic E-state index is -1.08. The fourth-order valence-electron chi connectivity index (χ4n) is 3.11. The molecule has 0 radical (unpaired) electrons. The molecule has 2 aromatic rings. The lowest BCUT2D eigenvalue weighted by atomic mass is 9.82. The highest BCUT2D eigenvalue weighted by molar-refractivity contribution is 5.92. The van der Waals surface area contributed by atoms with Crippen LogP contribution in [0.5, 0.6) is 11.5 Å². The van der Waals surface area contributed by atoms with Crippen LogP contribution >= 0.6 is 0 Å². The molecule has 7 heteroatoms. The van der Waals surface area contributed by atoms with Gasteiger partial charge in [-0.1, -0.05) is 30.3 Å². The van der Waals surface area contributed by atoms with Crippen LogP contribution in [0.2, 0.25) is 0 Å². The zero-order valence-electron chi connectivity index (χ0n) is 15.9. The summed E-state index contributed by atoms with van der Waals surface area (Å²) in [5, 5.41) is 9.61. The van der Waals surface area contributed by atoms with Crippen molar-refractivity contribution >= 4 is 5.97 Å². The minimum Gasteiger partial charge on any atom is -0.463 e. The van der Waals surface area contributed by atoms with Gasteiger partial charge in [-0.15, -0.1) is 0 Å². The lowest BCUT2D eigenvalue weighted by molar-refractivity contribution is -0.139. The highest BCUT2D eigenvalue weighted by Crippen LogP contribution is 2.42. The molecule has 2 aromatic carbocycles. The van der Waals surface area contributed by atoms with Crippen molar-refractivity contribution in [3.8, 4) is 17.6 Å². The number of hydrogen-bond donors (Lipinski definition) is 1. The topological polar surface area (TPSA) is 94.6 Å². The predicted octanol–water partition coefficient (Wildman–Crippen LogP) is 4.26. The summed E-state index contributed by atoms with van der Waals surface area (Å²) in [5.74, 6) is -2.12. The molecule has 0 bridgehead atoms. The van der Waals surface area contributed by atoms with E-state index < -0.39 is 17.7 Å². The van der Waals surface area contributed by atoms with Crippen molar-refractivity contribution in [2.75, 3.05) is 6.61 Å². The maximum absolute atomic E-state index is 15.4. The van der Waals surface area contributed by atoms with Crippen molar-refractivity contribution in [3.63, 3.8) is 0 Å². The SMILES string of the molecule is CCOC(=O)C1=C(C)OC(N)=C(C#N)C1c1cccc(Oc2ccccc2)c1F. The number of hydrogen-bond acceptors (Lipinski definition) is 6. The van der Waals surface area contributed by atoms with E-state index in [4.69, 9.17) is 19.9 Å². The molecule has 29 heavy (non-hydrogen) atoms. The molecule has 3 rings (SSSR count). The lowest BCUT2D eigenvalue weighted by Gasteiger charge is -2.27. The number of halogens is 1. The third kappa shape index (κ3) is 3.92. The third-order valence-electron chi connectivity index (χ3n) is 4.38. The Balaban J connectivity index is 2.12. The summed E-state index contributed by atoms with van der Waals surface area (Å²) in [5.41, 5.74) is 5.86. The maximum atomic E-state index is 15.4. The van der Waals surface area contributed by atoms with Crippen LogP contribution in [0.3, 0.4) is 0 Å².